The molecule has 0 aliphatic carbocycles. The summed E-state index contributed by atoms with van der Waals surface area (Å²) in [7, 11) is 0. The van der Waals surface area contributed by atoms with Crippen LogP contribution in [0, 0.1) is 6.92 Å². The van der Waals surface area contributed by atoms with Gasteiger partial charge in [0, 0.05) is 31.8 Å². The first-order valence-corrected chi connectivity index (χ1v) is 4.90. The fourth-order valence-corrected chi connectivity index (χ4v) is 1.32. The summed E-state index contributed by atoms with van der Waals surface area (Å²) in [4.78, 5) is 18.9. The molecule has 0 aliphatic rings. The van der Waals surface area contributed by atoms with Crippen LogP contribution in [-0.4, -0.2) is 21.0 Å². The molecule has 0 fully saturated rings. The molecule has 0 saturated heterocycles. The highest BCUT2D eigenvalue weighted by molar-refractivity contribution is 5.88. The summed E-state index contributed by atoms with van der Waals surface area (Å²) in [6, 6.07) is 1.54. The summed E-state index contributed by atoms with van der Waals surface area (Å²) in [5.74, 6) is 1.01. The zero-order chi connectivity index (χ0) is 12.4. The van der Waals surface area contributed by atoms with Gasteiger partial charge in [-0.15, -0.1) is 0 Å². The number of hydrogen-bond donors (Lipinski definition) is 2. The molecule has 2 aromatic rings. The van der Waals surface area contributed by atoms with Crippen LogP contribution in [0.25, 0.3) is 11.4 Å². The van der Waals surface area contributed by atoms with Crippen LogP contribution in [0.3, 0.4) is 0 Å². The molecular weight excluding hydrogens is 222 g/mol. The van der Waals surface area contributed by atoms with Gasteiger partial charge in [-0.1, -0.05) is 5.16 Å². The highest BCUT2D eigenvalue weighted by Crippen LogP contribution is 2.24. The van der Waals surface area contributed by atoms with Crippen molar-refractivity contribution in [3.63, 3.8) is 0 Å². The van der Waals surface area contributed by atoms with Crippen LogP contribution in [0.1, 0.15) is 12.8 Å². The number of hydrogen-bond acceptors (Lipinski definition) is 6. The lowest BCUT2D eigenvalue weighted by Gasteiger charge is -2.04. The molecule has 0 unspecified atom stereocenters. The van der Waals surface area contributed by atoms with Gasteiger partial charge in [0.15, 0.2) is 0 Å². The van der Waals surface area contributed by atoms with Gasteiger partial charge in [0.1, 0.15) is 5.82 Å². The zero-order valence-corrected chi connectivity index (χ0v) is 9.39. The minimum Gasteiger partial charge on any atom is -0.398 e. The second-order valence-corrected chi connectivity index (χ2v) is 3.47. The third kappa shape index (κ3) is 2.39. The Morgan fingerprint density at radius 1 is 1.53 bits per heavy atom. The molecule has 7 heteroatoms. The normalized spacial score (nSPS) is 10.2. The van der Waals surface area contributed by atoms with E-state index in [9.17, 15) is 4.79 Å². The average molecular weight is 233 g/mol. The Balaban J connectivity index is 2.34. The largest absolute Gasteiger partial charge is 0.398 e. The first kappa shape index (κ1) is 11.1. The van der Waals surface area contributed by atoms with E-state index in [0.29, 0.717) is 28.8 Å². The lowest BCUT2D eigenvalue weighted by atomic mass is 10.2. The van der Waals surface area contributed by atoms with Gasteiger partial charge in [0.25, 0.3) is 0 Å². The number of amides is 1. The number of carbonyl (C=O) groups excluding carboxylic acids is 1. The number of pyridine rings is 1. The molecule has 2 heterocycles. The molecule has 0 spiro atoms. The Morgan fingerprint density at radius 3 is 2.82 bits per heavy atom. The summed E-state index contributed by atoms with van der Waals surface area (Å²) < 4.78 is 4.85. The summed E-state index contributed by atoms with van der Waals surface area (Å²) in [5, 5.41) is 6.28. The van der Waals surface area contributed by atoms with Crippen molar-refractivity contribution in [2.75, 3.05) is 11.1 Å². The van der Waals surface area contributed by atoms with Crippen LogP contribution in [-0.2, 0) is 4.79 Å². The molecule has 88 valence electrons. The van der Waals surface area contributed by atoms with Crippen molar-refractivity contribution in [1.82, 2.24) is 15.1 Å². The first-order chi connectivity index (χ1) is 8.06. The second kappa shape index (κ2) is 4.20. The molecule has 2 aromatic heterocycles. The van der Waals surface area contributed by atoms with Gasteiger partial charge in [-0.05, 0) is 0 Å². The van der Waals surface area contributed by atoms with E-state index >= 15 is 0 Å². The molecule has 17 heavy (non-hydrogen) atoms. The molecule has 1 amide bonds. The van der Waals surface area contributed by atoms with E-state index in [4.69, 9.17) is 10.3 Å². The van der Waals surface area contributed by atoms with E-state index in [-0.39, 0.29) is 5.91 Å². The van der Waals surface area contributed by atoms with Gasteiger partial charge in [0.2, 0.25) is 17.6 Å². The van der Waals surface area contributed by atoms with Crippen LogP contribution >= 0.6 is 0 Å². The van der Waals surface area contributed by atoms with Gasteiger partial charge in [-0.3, -0.25) is 4.79 Å². The standard InChI is InChI=1S/C10H11N5O2/c1-5(16)13-9-3-8(11)7(4-12-9)10-14-6(2)17-15-10/h3-4H,1-2H3,(H3,11,12,13,16). The summed E-state index contributed by atoms with van der Waals surface area (Å²) in [6.07, 6.45) is 1.49. The van der Waals surface area contributed by atoms with Gasteiger partial charge < -0.3 is 15.6 Å². The quantitative estimate of drug-likeness (QED) is 0.800. The Bertz CT molecular complexity index is 564. The van der Waals surface area contributed by atoms with Crippen molar-refractivity contribution < 1.29 is 9.32 Å². The lowest BCUT2D eigenvalue weighted by molar-refractivity contribution is -0.114. The predicted molar refractivity (Wildman–Crippen MR) is 61.0 cm³/mol. The van der Waals surface area contributed by atoms with E-state index in [1.165, 1.54) is 13.1 Å². The SMILES string of the molecule is CC(=O)Nc1cc(N)c(-c2noc(C)n2)cn1. The molecule has 0 radical (unpaired) electrons. The molecular formula is C10H11N5O2. The topological polar surface area (TPSA) is 107 Å². The number of nitrogen functional groups attached to an aromatic ring is 1. The third-order valence-electron chi connectivity index (χ3n) is 2.01. The molecule has 0 saturated carbocycles. The van der Waals surface area contributed by atoms with E-state index in [2.05, 4.69) is 20.4 Å². The van der Waals surface area contributed by atoms with Gasteiger partial charge in [-0.2, -0.15) is 4.98 Å². The van der Waals surface area contributed by atoms with Gasteiger partial charge in [0.05, 0.1) is 5.56 Å². The summed E-state index contributed by atoms with van der Waals surface area (Å²) >= 11 is 0. The Labute approximate surface area is 97.0 Å². The number of rotatable bonds is 2. The van der Waals surface area contributed by atoms with Crippen LogP contribution in [0.2, 0.25) is 0 Å². The zero-order valence-electron chi connectivity index (χ0n) is 9.39. The smallest absolute Gasteiger partial charge is 0.223 e. The molecule has 0 bridgehead atoms. The molecule has 0 aromatic carbocycles. The Hall–Kier alpha value is -2.44. The fourth-order valence-electron chi connectivity index (χ4n) is 1.32. The van der Waals surface area contributed by atoms with Crippen molar-refractivity contribution >= 4 is 17.4 Å². The minimum absolute atomic E-state index is 0.208. The molecule has 3 N–H and O–H groups in total. The molecule has 2 rings (SSSR count). The number of carbonyl (C=O) groups is 1. The molecule has 0 aliphatic heterocycles. The minimum atomic E-state index is -0.208. The number of nitrogens with zero attached hydrogens (tertiary/aromatic N) is 3. The molecule has 7 nitrogen and oxygen atoms in total. The fraction of sp³-hybridized carbons (Fsp3) is 0.200. The van der Waals surface area contributed by atoms with Crippen molar-refractivity contribution in [3.8, 4) is 11.4 Å². The number of nitrogens with two attached hydrogens (primary N) is 1. The van der Waals surface area contributed by atoms with E-state index < -0.39 is 0 Å². The predicted octanol–water partition coefficient (Wildman–Crippen LogP) is 0.981. The van der Waals surface area contributed by atoms with Crippen LogP contribution in [0.5, 0.6) is 0 Å². The van der Waals surface area contributed by atoms with Crippen molar-refractivity contribution in [3.05, 3.63) is 18.2 Å². The number of aryl methyl sites for hydroxylation is 1. The van der Waals surface area contributed by atoms with Gasteiger partial charge >= 0.3 is 0 Å². The number of nitrogens with one attached hydrogen (secondary N) is 1. The third-order valence-corrected chi connectivity index (χ3v) is 2.01. The van der Waals surface area contributed by atoms with Crippen LogP contribution in [0.4, 0.5) is 11.5 Å². The lowest BCUT2D eigenvalue weighted by Crippen LogP contribution is -2.08. The first-order valence-electron chi connectivity index (χ1n) is 4.90. The maximum atomic E-state index is 10.9. The highest BCUT2D eigenvalue weighted by atomic mass is 16.5. The van der Waals surface area contributed by atoms with Crippen LogP contribution < -0.4 is 11.1 Å². The summed E-state index contributed by atoms with van der Waals surface area (Å²) in [5.41, 5.74) is 6.81. The van der Waals surface area contributed by atoms with Crippen molar-refractivity contribution in [1.29, 1.82) is 0 Å². The second-order valence-electron chi connectivity index (χ2n) is 3.47. The Morgan fingerprint density at radius 2 is 2.29 bits per heavy atom. The molecule has 0 atom stereocenters. The summed E-state index contributed by atoms with van der Waals surface area (Å²) in [6.45, 7) is 3.08. The maximum absolute atomic E-state index is 10.9. The number of anilines is 2. The van der Waals surface area contributed by atoms with Crippen molar-refractivity contribution in [2.45, 2.75) is 13.8 Å². The monoisotopic (exact) mass is 233 g/mol. The van der Waals surface area contributed by atoms with E-state index in [1.54, 1.807) is 13.0 Å². The number of aromatic nitrogens is 3. The van der Waals surface area contributed by atoms with E-state index in [0.717, 1.165) is 0 Å². The van der Waals surface area contributed by atoms with Crippen LogP contribution in [0.15, 0.2) is 16.8 Å². The van der Waals surface area contributed by atoms with Gasteiger partial charge in [-0.25, -0.2) is 4.98 Å². The van der Waals surface area contributed by atoms with E-state index in [1.807, 2.05) is 0 Å². The van der Waals surface area contributed by atoms with Crippen molar-refractivity contribution in [2.24, 2.45) is 0 Å². The maximum Gasteiger partial charge on any atom is 0.223 e. The Kier molecular flexibility index (Phi) is 2.73. The highest BCUT2D eigenvalue weighted by Gasteiger charge is 2.11. The average Bonchev–Trinajstić information content (AvgIpc) is 2.64.